The molecule has 1 atom stereocenters. The van der Waals surface area contributed by atoms with Crippen LogP contribution < -0.4 is 16.0 Å². The molecule has 0 aliphatic carbocycles. The highest BCUT2D eigenvalue weighted by Crippen LogP contribution is 2.34. The molecule has 3 aromatic carbocycles. The number of nitrogens with two attached hydrogens (primary N) is 1. The topological polar surface area (TPSA) is 151 Å². The fraction of sp³-hybridized carbons (Fsp3) is 0.258. The number of phenols is 1. The number of hydrogen-bond donors (Lipinski definition) is 4. The van der Waals surface area contributed by atoms with Crippen LogP contribution in [0.3, 0.4) is 0 Å². The fourth-order valence-electron chi connectivity index (χ4n) is 4.38. The van der Waals surface area contributed by atoms with Crippen LogP contribution in [0, 0.1) is 3.95 Å². The molecule has 0 aliphatic rings. The maximum Gasteiger partial charge on any atom is 0.408 e. The predicted molar refractivity (Wildman–Crippen MR) is 168 cm³/mol. The smallest absolute Gasteiger partial charge is 0.408 e. The van der Waals surface area contributed by atoms with Crippen LogP contribution in [0.1, 0.15) is 47.8 Å². The highest BCUT2D eigenvalue weighted by Gasteiger charge is 2.29. The Morgan fingerprint density at radius 1 is 1.05 bits per heavy atom. The first-order valence-electron chi connectivity index (χ1n) is 13.5. The molecule has 0 aliphatic heterocycles. The van der Waals surface area contributed by atoms with Crippen molar-refractivity contribution in [1.29, 1.82) is 0 Å². The van der Waals surface area contributed by atoms with Crippen LogP contribution in [-0.2, 0) is 22.4 Å². The van der Waals surface area contributed by atoms with Crippen molar-refractivity contribution in [2.75, 3.05) is 11.4 Å². The molecule has 4 rings (SSSR count). The van der Waals surface area contributed by atoms with Crippen molar-refractivity contribution in [1.82, 2.24) is 15.5 Å². The van der Waals surface area contributed by atoms with E-state index in [2.05, 4.69) is 15.5 Å². The highest BCUT2D eigenvalue weighted by molar-refractivity contribution is 7.73. The number of H-pyrrole nitrogens is 1. The fourth-order valence-corrected chi connectivity index (χ4v) is 5.29. The lowest BCUT2D eigenvalue weighted by Gasteiger charge is -2.25. The van der Waals surface area contributed by atoms with Crippen LogP contribution in [0.4, 0.5) is 15.6 Å². The quantitative estimate of drug-likeness (QED) is 0.135. The van der Waals surface area contributed by atoms with Gasteiger partial charge < -0.3 is 20.9 Å². The van der Waals surface area contributed by atoms with E-state index in [9.17, 15) is 19.5 Å². The van der Waals surface area contributed by atoms with E-state index in [0.717, 1.165) is 22.5 Å². The number of carbonyl (C=O) groups is 3. The molecule has 0 radical (unpaired) electrons. The molecule has 43 heavy (non-hydrogen) atoms. The Balaban J connectivity index is 1.75. The normalized spacial score (nSPS) is 11.9. The number of anilines is 2. The van der Waals surface area contributed by atoms with Crippen molar-refractivity contribution < 1.29 is 24.2 Å². The van der Waals surface area contributed by atoms with Gasteiger partial charge in [0.25, 0.3) is 5.91 Å². The Morgan fingerprint density at radius 2 is 1.74 bits per heavy atom. The van der Waals surface area contributed by atoms with Gasteiger partial charge in [0.05, 0.1) is 11.7 Å². The lowest BCUT2D eigenvalue weighted by molar-refractivity contribution is -0.117. The second-order valence-electron chi connectivity index (χ2n) is 10.8. The zero-order valence-corrected chi connectivity index (χ0v) is 25.6. The van der Waals surface area contributed by atoms with Gasteiger partial charge in [-0.2, -0.15) is 0 Å². The van der Waals surface area contributed by atoms with Gasteiger partial charge >= 0.3 is 6.09 Å². The zero-order chi connectivity index (χ0) is 31.1. The largest absolute Gasteiger partial charge is 0.508 e. The second-order valence-corrected chi connectivity index (χ2v) is 12.4. The summed E-state index contributed by atoms with van der Waals surface area (Å²) in [7, 11) is 0. The highest BCUT2D eigenvalue weighted by atomic mass is 32.1. The number of rotatable bonds is 10. The summed E-state index contributed by atoms with van der Waals surface area (Å²) in [4.78, 5) is 41.3. The summed E-state index contributed by atoms with van der Waals surface area (Å²) >= 11 is 6.33. The number of aromatic nitrogens is 2. The van der Waals surface area contributed by atoms with Crippen molar-refractivity contribution in [3.63, 3.8) is 0 Å². The Morgan fingerprint density at radius 3 is 2.37 bits per heavy atom. The SMILES string of the molecule is CC(C)(C)OC(=O)NCC(=O)N(c1n[nH]c(=S)s1)c1cccc(C(=O)[C@@H](N)Cc2ccc(O)cc2)c1Cc1ccccc1. The summed E-state index contributed by atoms with van der Waals surface area (Å²) < 4.78 is 5.64. The average Bonchev–Trinajstić information content (AvgIpc) is 3.38. The molecule has 0 saturated heterocycles. The minimum atomic E-state index is -0.889. The summed E-state index contributed by atoms with van der Waals surface area (Å²) in [6.07, 6.45) is -0.190. The van der Waals surface area contributed by atoms with E-state index in [0.29, 0.717) is 27.2 Å². The molecule has 5 N–H and O–H groups in total. The molecular weight excluding hydrogens is 587 g/mol. The molecule has 224 valence electrons. The van der Waals surface area contributed by atoms with Gasteiger partial charge in [-0.1, -0.05) is 65.9 Å². The second kappa shape index (κ2) is 13.7. The monoisotopic (exact) mass is 619 g/mol. The standard InChI is InChI=1S/C31H33N5O5S2/c1-31(2,3)41-29(40)33-18-26(38)36(28-34-35-30(42)43-28)25-11-7-10-22(23(25)16-19-8-5-4-6-9-19)27(39)24(32)17-20-12-14-21(37)15-13-20/h4-15,24,37H,16-18,32H2,1-3H3,(H,33,40)(H,35,42)/t24-/m0/s1. The van der Waals surface area contributed by atoms with Gasteiger partial charge in [-0.25, -0.2) is 4.79 Å². The van der Waals surface area contributed by atoms with E-state index >= 15 is 0 Å². The van der Waals surface area contributed by atoms with Crippen molar-refractivity contribution in [3.8, 4) is 5.75 Å². The maximum absolute atomic E-state index is 13.9. The number of ketones is 1. The number of Topliss-reactive ketones (excluding diaryl/α,β-unsaturated/α-hetero) is 1. The predicted octanol–water partition coefficient (Wildman–Crippen LogP) is 5.44. The van der Waals surface area contributed by atoms with Crippen LogP contribution in [0.25, 0.3) is 0 Å². The number of alkyl carbamates (subject to hydrolysis) is 1. The van der Waals surface area contributed by atoms with E-state index < -0.39 is 30.2 Å². The molecule has 0 unspecified atom stereocenters. The van der Waals surface area contributed by atoms with Gasteiger partial charge in [0, 0.05) is 12.0 Å². The maximum atomic E-state index is 13.9. The zero-order valence-electron chi connectivity index (χ0n) is 24.0. The Hall–Kier alpha value is -4.39. The van der Waals surface area contributed by atoms with Gasteiger partial charge in [0.2, 0.25) is 5.13 Å². The van der Waals surface area contributed by atoms with Crippen molar-refractivity contribution in [3.05, 3.63) is 99.0 Å². The van der Waals surface area contributed by atoms with Crippen LogP contribution >= 0.6 is 23.6 Å². The molecule has 10 nitrogen and oxygen atoms in total. The first-order chi connectivity index (χ1) is 20.4. The lowest BCUT2D eigenvalue weighted by Crippen LogP contribution is -2.41. The number of carbonyl (C=O) groups excluding carboxylic acids is 3. The Kier molecular flexibility index (Phi) is 10.1. The number of aromatic amines is 1. The molecule has 0 fully saturated rings. The van der Waals surface area contributed by atoms with Crippen LogP contribution in [0.5, 0.6) is 5.75 Å². The number of hydrogen-bond acceptors (Lipinski definition) is 9. The third-order valence-corrected chi connectivity index (χ3v) is 7.33. The molecule has 1 aromatic heterocycles. The Labute approximate surface area is 258 Å². The molecule has 0 saturated carbocycles. The number of benzene rings is 3. The summed E-state index contributed by atoms with van der Waals surface area (Å²) in [5, 5.41) is 19.3. The number of phenolic OH excluding ortho intramolecular Hbond substituents is 1. The molecule has 1 heterocycles. The number of nitrogens with one attached hydrogen (secondary N) is 2. The molecule has 12 heteroatoms. The van der Waals surface area contributed by atoms with Crippen molar-refractivity contribution in [2.45, 2.75) is 45.3 Å². The van der Waals surface area contributed by atoms with E-state index in [1.54, 1.807) is 63.2 Å². The number of nitrogens with zero attached hydrogens (tertiary/aromatic N) is 2. The molecule has 0 spiro atoms. The van der Waals surface area contributed by atoms with Crippen molar-refractivity contribution >= 4 is 52.2 Å². The average molecular weight is 620 g/mol. The first-order valence-corrected chi connectivity index (χ1v) is 14.7. The molecular formula is C31H33N5O5S2. The van der Waals surface area contributed by atoms with Gasteiger partial charge in [0.15, 0.2) is 9.74 Å². The lowest BCUT2D eigenvalue weighted by atomic mass is 9.90. The van der Waals surface area contributed by atoms with E-state index in [4.69, 9.17) is 22.7 Å². The number of ether oxygens (including phenoxy) is 1. The summed E-state index contributed by atoms with van der Waals surface area (Å²) in [6, 6.07) is 20.2. The summed E-state index contributed by atoms with van der Waals surface area (Å²) in [5.41, 5.74) is 8.70. The third-order valence-electron chi connectivity index (χ3n) is 6.26. The number of aromatic hydroxyl groups is 1. The van der Waals surface area contributed by atoms with E-state index in [-0.39, 0.29) is 23.1 Å². The van der Waals surface area contributed by atoms with Gasteiger partial charge in [-0.05, 0) is 74.3 Å². The van der Waals surface area contributed by atoms with Crippen LogP contribution in [0.2, 0.25) is 0 Å². The van der Waals surface area contributed by atoms with Crippen molar-refractivity contribution in [2.24, 2.45) is 5.73 Å². The molecule has 2 amide bonds. The van der Waals surface area contributed by atoms with Gasteiger partial charge in [0.1, 0.15) is 17.9 Å². The minimum absolute atomic E-state index is 0.120. The molecule has 0 bridgehead atoms. The van der Waals surface area contributed by atoms with Gasteiger partial charge in [-0.3, -0.25) is 19.6 Å². The number of amides is 2. The van der Waals surface area contributed by atoms with E-state index in [1.807, 2.05) is 30.3 Å². The minimum Gasteiger partial charge on any atom is -0.508 e. The third kappa shape index (κ3) is 8.57. The van der Waals surface area contributed by atoms with Crippen LogP contribution in [-0.4, -0.2) is 51.3 Å². The first kappa shape index (κ1) is 31.5. The summed E-state index contributed by atoms with van der Waals surface area (Å²) in [5.74, 6) is -0.709. The van der Waals surface area contributed by atoms with E-state index in [1.165, 1.54) is 4.90 Å². The molecule has 4 aromatic rings. The van der Waals surface area contributed by atoms with Crippen LogP contribution in [0.15, 0.2) is 72.8 Å². The Bertz CT molecular complexity index is 1650. The summed E-state index contributed by atoms with van der Waals surface area (Å²) in [6.45, 7) is 4.77. The van der Waals surface area contributed by atoms with Gasteiger partial charge in [-0.15, -0.1) is 5.10 Å².